The van der Waals surface area contributed by atoms with E-state index in [1.807, 2.05) is 18.2 Å². The van der Waals surface area contributed by atoms with Crippen molar-refractivity contribution in [3.8, 4) is 5.75 Å². The predicted molar refractivity (Wildman–Crippen MR) is 70.8 cm³/mol. The van der Waals surface area contributed by atoms with Crippen LogP contribution in [0.2, 0.25) is 0 Å². The van der Waals surface area contributed by atoms with Gasteiger partial charge in [0.25, 0.3) is 0 Å². The Morgan fingerprint density at radius 1 is 1.06 bits per heavy atom. The second-order valence-electron chi connectivity index (χ2n) is 4.33. The van der Waals surface area contributed by atoms with Gasteiger partial charge in [-0.05, 0) is 53.9 Å². The Morgan fingerprint density at radius 2 is 1.76 bits per heavy atom. The number of hydrogen-bond donors (Lipinski definition) is 3. The summed E-state index contributed by atoms with van der Waals surface area (Å²) in [4.78, 5) is 0. The van der Waals surface area contributed by atoms with Crippen molar-refractivity contribution in [2.45, 2.75) is 18.9 Å². The first kappa shape index (κ1) is 11.9. The van der Waals surface area contributed by atoms with Gasteiger partial charge < -0.3 is 16.6 Å². The number of rotatable bonds is 4. The fourth-order valence-electron chi connectivity index (χ4n) is 1.99. The average molecular weight is 230 g/mol. The molecule has 3 nitrogen and oxygen atoms in total. The van der Waals surface area contributed by atoms with E-state index in [0.717, 1.165) is 29.2 Å². The monoisotopic (exact) mass is 230 g/mol. The molecule has 3 heteroatoms. The molecule has 0 saturated carbocycles. The SMILES string of the molecule is NCCC[C@@H](N)c1ccc2cc(O)ccc2c1. The number of aromatic hydroxyl groups is 1. The van der Waals surface area contributed by atoms with E-state index in [9.17, 15) is 5.11 Å². The lowest BCUT2D eigenvalue weighted by Gasteiger charge is -2.12. The fourth-order valence-corrected chi connectivity index (χ4v) is 1.99. The van der Waals surface area contributed by atoms with Gasteiger partial charge in [0.05, 0.1) is 0 Å². The number of hydrogen-bond acceptors (Lipinski definition) is 3. The molecule has 0 aliphatic carbocycles. The van der Waals surface area contributed by atoms with Gasteiger partial charge in [-0.25, -0.2) is 0 Å². The summed E-state index contributed by atoms with van der Waals surface area (Å²) in [5.74, 6) is 0.290. The van der Waals surface area contributed by atoms with Crippen molar-refractivity contribution >= 4 is 10.8 Å². The third kappa shape index (κ3) is 2.75. The molecule has 5 N–H and O–H groups in total. The smallest absolute Gasteiger partial charge is 0.116 e. The molecule has 0 heterocycles. The van der Waals surface area contributed by atoms with Crippen molar-refractivity contribution < 1.29 is 5.11 Å². The van der Waals surface area contributed by atoms with Gasteiger partial charge in [-0.3, -0.25) is 0 Å². The maximum Gasteiger partial charge on any atom is 0.116 e. The van der Waals surface area contributed by atoms with Crippen molar-refractivity contribution in [1.29, 1.82) is 0 Å². The van der Waals surface area contributed by atoms with Crippen LogP contribution in [-0.2, 0) is 0 Å². The maximum absolute atomic E-state index is 9.39. The molecule has 17 heavy (non-hydrogen) atoms. The molecule has 0 saturated heterocycles. The van der Waals surface area contributed by atoms with Crippen LogP contribution in [0.3, 0.4) is 0 Å². The summed E-state index contributed by atoms with van der Waals surface area (Å²) in [5.41, 5.74) is 12.7. The van der Waals surface area contributed by atoms with E-state index in [4.69, 9.17) is 11.5 Å². The van der Waals surface area contributed by atoms with Crippen LogP contribution in [0.15, 0.2) is 36.4 Å². The molecular formula is C14H18N2O. The Morgan fingerprint density at radius 3 is 2.53 bits per heavy atom. The fraction of sp³-hybridized carbons (Fsp3) is 0.286. The Kier molecular flexibility index (Phi) is 3.61. The van der Waals surface area contributed by atoms with E-state index in [0.29, 0.717) is 6.54 Å². The summed E-state index contributed by atoms with van der Waals surface area (Å²) in [5, 5.41) is 11.5. The summed E-state index contributed by atoms with van der Waals surface area (Å²) in [6.07, 6.45) is 1.84. The summed E-state index contributed by atoms with van der Waals surface area (Å²) < 4.78 is 0. The highest BCUT2D eigenvalue weighted by atomic mass is 16.3. The first-order valence-electron chi connectivity index (χ1n) is 5.89. The Balaban J connectivity index is 2.28. The summed E-state index contributed by atoms with van der Waals surface area (Å²) >= 11 is 0. The zero-order valence-corrected chi connectivity index (χ0v) is 9.76. The van der Waals surface area contributed by atoms with Crippen LogP contribution in [0.25, 0.3) is 10.8 Å². The largest absolute Gasteiger partial charge is 0.508 e. The van der Waals surface area contributed by atoms with Gasteiger partial charge in [-0.15, -0.1) is 0 Å². The van der Waals surface area contributed by atoms with Crippen LogP contribution in [0.5, 0.6) is 5.75 Å². The molecular weight excluding hydrogens is 212 g/mol. The molecule has 0 aliphatic heterocycles. The van der Waals surface area contributed by atoms with E-state index in [1.165, 1.54) is 0 Å². The number of fused-ring (bicyclic) bond motifs is 1. The molecule has 2 rings (SSSR count). The lowest BCUT2D eigenvalue weighted by Crippen LogP contribution is -2.12. The first-order valence-corrected chi connectivity index (χ1v) is 5.89. The van der Waals surface area contributed by atoms with Crippen LogP contribution in [0.1, 0.15) is 24.4 Å². The Hall–Kier alpha value is -1.58. The number of phenols is 1. The Labute approximate surface area is 101 Å². The van der Waals surface area contributed by atoms with Crippen LogP contribution in [-0.4, -0.2) is 11.7 Å². The molecule has 0 aliphatic rings. The zero-order chi connectivity index (χ0) is 12.3. The topological polar surface area (TPSA) is 72.3 Å². The van der Waals surface area contributed by atoms with Gasteiger partial charge in [0.2, 0.25) is 0 Å². The van der Waals surface area contributed by atoms with Crippen LogP contribution < -0.4 is 11.5 Å². The molecule has 0 amide bonds. The van der Waals surface area contributed by atoms with Gasteiger partial charge in [0.1, 0.15) is 5.75 Å². The molecule has 0 aromatic heterocycles. The number of phenolic OH excluding ortho intramolecular Hbond substituents is 1. The summed E-state index contributed by atoms with van der Waals surface area (Å²) in [7, 11) is 0. The average Bonchev–Trinajstić information content (AvgIpc) is 2.35. The second-order valence-corrected chi connectivity index (χ2v) is 4.33. The highest BCUT2D eigenvalue weighted by Gasteiger charge is 2.06. The van der Waals surface area contributed by atoms with Gasteiger partial charge in [-0.1, -0.05) is 18.2 Å². The molecule has 0 bridgehead atoms. The quantitative estimate of drug-likeness (QED) is 0.754. The molecule has 1 atom stereocenters. The standard InChI is InChI=1S/C14H18N2O/c15-7-1-2-14(16)12-4-3-11-9-13(17)6-5-10(11)8-12/h3-6,8-9,14,17H,1-2,7,15-16H2/t14-/m1/s1. The van der Waals surface area contributed by atoms with Gasteiger partial charge in [0, 0.05) is 6.04 Å². The third-order valence-electron chi connectivity index (χ3n) is 3.00. The molecule has 2 aromatic rings. The van der Waals surface area contributed by atoms with E-state index in [1.54, 1.807) is 12.1 Å². The second kappa shape index (κ2) is 5.17. The van der Waals surface area contributed by atoms with E-state index < -0.39 is 0 Å². The highest BCUT2D eigenvalue weighted by Crippen LogP contribution is 2.24. The minimum absolute atomic E-state index is 0.0387. The van der Waals surface area contributed by atoms with Crippen molar-refractivity contribution in [3.63, 3.8) is 0 Å². The molecule has 0 spiro atoms. The van der Waals surface area contributed by atoms with E-state index in [-0.39, 0.29) is 11.8 Å². The van der Waals surface area contributed by atoms with Crippen molar-refractivity contribution in [2.75, 3.05) is 6.54 Å². The third-order valence-corrected chi connectivity index (χ3v) is 3.00. The molecule has 0 fully saturated rings. The molecule has 2 aromatic carbocycles. The minimum Gasteiger partial charge on any atom is -0.508 e. The molecule has 0 radical (unpaired) electrons. The number of benzene rings is 2. The van der Waals surface area contributed by atoms with E-state index >= 15 is 0 Å². The van der Waals surface area contributed by atoms with Crippen LogP contribution in [0.4, 0.5) is 0 Å². The predicted octanol–water partition coefficient (Wildman–Crippen LogP) is 2.28. The molecule has 90 valence electrons. The van der Waals surface area contributed by atoms with E-state index in [2.05, 4.69) is 6.07 Å². The highest BCUT2D eigenvalue weighted by molar-refractivity contribution is 5.84. The van der Waals surface area contributed by atoms with Crippen molar-refractivity contribution in [1.82, 2.24) is 0 Å². The van der Waals surface area contributed by atoms with Gasteiger partial charge in [0.15, 0.2) is 0 Å². The number of nitrogens with two attached hydrogens (primary N) is 2. The summed E-state index contributed by atoms with van der Waals surface area (Å²) in [6, 6.07) is 11.5. The van der Waals surface area contributed by atoms with Gasteiger partial charge >= 0.3 is 0 Å². The lowest BCUT2D eigenvalue weighted by molar-refractivity contribution is 0.476. The van der Waals surface area contributed by atoms with Crippen LogP contribution in [0, 0.1) is 0 Å². The maximum atomic E-state index is 9.39. The minimum atomic E-state index is 0.0387. The zero-order valence-electron chi connectivity index (χ0n) is 9.76. The van der Waals surface area contributed by atoms with Gasteiger partial charge in [-0.2, -0.15) is 0 Å². The van der Waals surface area contributed by atoms with Crippen molar-refractivity contribution in [3.05, 3.63) is 42.0 Å². The normalized spacial score (nSPS) is 12.8. The molecule has 0 unspecified atom stereocenters. The van der Waals surface area contributed by atoms with Crippen LogP contribution >= 0.6 is 0 Å². The lowest BCUT2D eigenvalue weighted by atomic mass is 9.99. The first-order chi connectivity index (χ1) is 8.20. The summed E-state index contributed by atoms with van der Waals surface area (Å²) in [6.45, 7) is 0.676. The Bertz CT molecular complexity index is 511. The van der Waals surface area contributed by atoms with Crippen molar-refractivity contribution in [2.24, 2.45) is 11.5 Å².